The van der Waals surface area contributed by atoms with Gasteiger partial charge in [0.1, 0.15) is 5.01 Å². The molecule has 1 atom stereocenters. The molecule has 28 heavy (non-hydrogen) atoms. The van der Waals surface area contributed by atoms with Crippen LogP contribution in [0.3, 0.4) is 0 Å². The Bertz CT molecular complexity index is 1160. The highest BCUT2D eigenvalue weighted by Gasteiger charge is 2.15. The van der Waals surface area contributed by atoms with E-state index in [1.807, 2.05) is 55.6 Å². The third-order valence-corrected chi connectivity index (χ3v) is 5.54. The number of amides is 1. The van der Waals surface area contributed by atoms with Crippen LogP contribution in [0.4, 0.5) is 5.95 Å². The van der Waals surface area contributed by atoms with E-state index < -0.39 is 0 Å². The Hall–Kier alpha value is -3.32. The number of nitrogens with one attached hydrogen (secondary N) is 1. The average Bonchev–Trinajstić information content (AvgIpc) is 3.23. The fourth-order valence-electron chi connectivity index (χ4n) is 3.08. The second kappa shape index (κ2) is 7.36. The van der Waals surface area contributed by atoms with Gasteiger partial charge in [0, 0.05) is 28.7 Å². The van der Waals surface area contributed by atoms with Crippen molar-refractivity contribution in [2.75, 3.05) is 5.73 Å². The van der Waals surface area contributed by atoms with E-state index in [0.29, 0.717) is 5.56 Å². The van der Waals surface area contributed by atoms with E-state index in [1.54, 1.807) is 12.4 Å². The maximum atomic E-state index is 12.7. The van der Waals surface area contributed by atoms with Gasteiger partial charge in [0.15, 0.2) is 0 Å². The van der Waals surface area contributed by atoms with Crippen molar-refractivity contribution >= 4 is 34.1 Å². The molecule has 2 aromatic heterocycles. The van der Waals surface area contributed by atoms with Crippen molar-refractivity contribution < 1.29 is 4.79 Å². The van der Waals surface area contributed by atoms with Gasteiger partial charge in [-0.05, 0) is 54.8 Å². The Labute approximate surface area is 166 Å². The Morgan fingerprint density at radius 3 is 2.82 bits per heavy atom. The molecule has 0 aliphatic carbocycles. The smallest absolute Gasteiger partial charge is 0.251 e. The molecule has 2 aromatic carbocycles. The number of hydrogen-bond donors (Lipinski definition) is 2. The number of aryl methyl sites for hydroxylation is 1. The number of carbonyl (C=O) groups is 1. The monoisotopic (exact) mass is 389 g/mol. The number of nitrogens with zero attached hydrogens (tertiary/aromatic N) is 3. The number of rotatable bonds is 4. The summed E-state index contributed by atoms with van der Waals surface area (Å²) < 4.78 is 0. The molecule has 7 heteroatoms. The third kappa shape index (κ3) is 3.57. The molecule has 1 amide bonds. The van der Waals surface area contributed by atoms with Crippen molar-refractivity contribution in [2.45, 2.75) is 19.9 Å². The first-order valence-corrected chi connectivity index (χ1v) is 9.73. The number of thiazole rings is 1. The van der Waals surface area contributed by atoms with Crippen molar-refractivity contribution in [1.82, 2.24) is 20.3 Å². The molecule has 0 unspecified atom stereocenters. The van der Waals surface area contributed by atoms with Gasteiger partial charge in [-0.3, -0.25) is 4.79 Å². The van der Waals surface area contributed by atoms with Crippen molar-refractivity contribution in [3.63, 3.8) is 0 Å². The van der Waals surface area contributed by atoms with Crippen LogP contribution in [0.1, 0.15) is 33.9 Å². The summed E-state index contributed by atoms with van der Waals surface area (Å²) in [6.07, 6.45) is 3.45. The van der Waals surface area contributed by atoms with Crippen LogP contribution in [-0.2, 0) is 0 Å². The molecule has 6 nitrogen and oxygen atoms in total. The molecule has 0 spiro atoms. The van der Waals surface area contributed by atoms with Crippen molar-refractivity contribution in [2.24, 2.45) is 0 Å². The predicted molar refractivity (Wildman–Crippen MR) is 112 cm³/mol. The normalized spacial score (nSPS) is 12.1. The SMILES string of the molecule is Cc1ccc(C(=O)N[C@H](C)c2nccs2)cc1-c1ccc2nc(N)ncc2c1. The lowest BCUT2D eigenvalue weighted by Crippen LogP contribution is -2.26. The van der Waals surface area contributed by atoms with E-state index in [0.717, 1.165) is 32.6 Å². The van der Waals surface area contributed by atoms with Crippen LogP contribution in [-0.4, -0.2) is 20.9 Å². The van der Waals surface area contributed by atoms with Crippen LogP contribution in [0, 0.1) is 6.92 Å². The van der Waals surface area contributed by atoms with E-state index in [9.17, 15) is 4.79 Å². The van der Waals surface area contributed by atoms with Crippen molar-refractivity contribution in [1.29, 1.82) is 0 Å². The zero-order valence-electron chi connectivity index (χ0n) is 15.5. The molecule has 0 aliphatic rings. The Kier molecular flexibility index (Phi) is 4.75. The molecular formula is C21H19N5OS. The minimum absolute atomic E-state index is 0.124. The Morgan fingerprint density at radius 1 is 1.18 bits per heavy atom. The summed E-state index contributed by atoms with van der Waals surface area (Å²) in [7, 11) is 0. The highest BCUT2D eigenvalue weighted by atomic mass is 32.1. The molecule has 140 valence electrons. The standard InChI is InChI=1S/C21H19N5OS/c1-12-3-4-15(19(27)25-13(2)20-23-7-8-28-20)10-17(12)14-5-6-18-16(9-14)11-24-21(22)26-18/h3-11,13H,1-2H3,(H,25,27)(H2,22,24,26)/t13-/m1/s1. The molecule has 4 aromatic rings. The zero-order valence-corrected chi connectivity index (χ0v) is 16.3. The molecule has 0 saturated heterocycles. The Morgan fingerprint density at radius 2 is 2.04 bits per heavy atom. The van der Waals surface area contributed by atoms with Crippen LogP contribution in [0.5, 0.6) is 0 Å². The van der Waals surface area contributed by atoms with E-state index in [1.165, 1.54) is 11.3 Å². The lowest BCUT2D eigenvalue weighted by molar-refractivity contribution is 0.0940. The zero-order chi connectivity index (χ0) is 19.7. The van der Waals surface area contributed by atoms with Gasteiger partial charge in [0.2, 0.25) is 5.95 Å². The molecule has 2 heterocycles. The lowest BCUT2D eigenvalue weighted by Gasteiger charge is -2.13. The molecule has 3 N–H and O–H groups in total. The Balaban J connectivity index is 1.65. The second-order valence-corrected chi connectivity index (χ2v) is 7.52. The van der Waals surface area contributed by atoms with Gasteiger partial charge in [-0.2, -0.15) is 0 Å². The predicted octanol–water partition coefficient (Wildman–Crippen LogP) is 4.13. The number of anilines is 1. The third-order valence-electron chi connectivity index (χ3n) is 4.58. The first kappa shape index (κ1) is 18.1. The fourth-order valence-corrected chi connectivity index (χ4v) is 3.73. The van der Waals surface area contributed by atoms with Gasteiger partial charge >= 0.3 is 0 Å². The molecule has 0 aliphatic heterocycles. The van der Waals surface area contributed by atoms with Crippen molar-refractivity contribution in [3.05, 3.63) is 70.3 Å². The van der Waals surface area contributed by atoms with E-state index in [-0.39, 0.29) is 17.9 Å². The maximum absolute atomic E-state index is 12.7. The molecule has 0 radical (unpaired) electrons. The molecule has 4 rings (SSSR count). The number of hydrogen-bond acceptors (Lipinski definition) is 6. The van der Waals surface area contributed by atoms with Gasteiger partial charge in [-0.25, -0.2) is 15.0 Å². The minimum atomic E-state index is -0.138. The fraction of sp³-hybridized carbons (Fsp3) is 0.143. The van der Waals surface area contributed by atoms with Gasteiger partial charge in [0.05, 0.1) is 11.6 Å². The number of benzene rings is 2. The van der Waals surface area contributed by atoms with E-state index in [2.05, 4.69) is 20.3 Å². The first-order valence-electron chi connectivity index (χ1n) is 8.85. The highest BCUT2D eigenvalue weighted by molar-refractivity contribution is 7.09. The number of nitrogens with two attached hydrogens (primary N) is 1. The molecular weight excluding hydrogens is 370 g/mol. The summed E-state index contributed by atoms with van der Waals surface area (Å²) in [4.78, 5) is 25.3. The van der Waals surface area contributed by atoms with Crippen molar-refractivity contribution in [3.8, 4) is 11.1 Å². The van der Waals surface area contributed by atoms with Crippen LogP contribution < -0.4 is 11.1 Å². The van der Waals surface area contributed by atoms with Gasteiger partial charge in [-0.15, -0.1) is 11.3 Å². The minimum Gasteiger partial charge on any atom is -0.368 e. The summed E-state index contributed by atoms with van der Waals surface area (Å²) in [5.74, 6) is 0.130. The summed E-state index contributed by atoms with van der Waals surface area (Å²) in [6.45, 7) is 3.96. The number of aromatic nitrogens is 3. The van der Waals surface area contributed by atoms with Crippen LogP contribution in [0.2, 0.25) is 0 Å². The van der Waals surface area contributed by atoms with E-state index in [4.69, 9.17) is 5.73 Å². The quantitative estimate of drug-likeness (QED) is 0.547. The largest absolute Gasteiger partial charge is 0.368 e. The average molecular weight is 389 g/mol. The van der Waals surface area contributed by atoms with Gasteiger partial charge < -0.3 is 11.1 Å². The van der Waals surface area contributed by atoms with Gasteiger partial charge in [0.25, 0.3) is 5.91 Å². The first-order chi connectivity index (χ1) is 13.5. The van der Waals surface area contributed by atoms with E-state index >= 15 is 0 Å². The van der Waals surface area contributed by atoms with Crippen LogP contribution in [0.25, 0.3) is 22.0 Å². The van der Waals surface area contributed by atoms with Gasteiger partial charge in [-0.1, -0.05) is 12.1 Å². The summed E-state index contributed by atoms with van der Waals surface area (Å²) in [5.41, 5.74) is 10.1. The number of fused-ring (bicyclic) bond motifs is 1. The number of nitrogen functional groups attached to an aromatic ring is 1. The summed E-state index contributed by atoms with van der Waals surface area (Å²) >= 11 is 1.53. The summed E-state index contributed by atoms with van der Waals surface area (Å²) in [5, 5.41) is 6.69. The highest BCUT2D eigenvalue weighted by Crippen LogP contribution is 2.28. The maximum Gasteiger partial charge on any atom is 0.251 e. The molecule has 0 saturated carbocycles. The number of carbonyl (C=O) groups excluding carboxylic acids is 1. The molecule has 0 bridgehead atoms. The lowest BCUT2D eigenvalue weighted by atomic mass is 9.97. The molecule has 0 fully saturated rings. The summed E-state index contributed by atoms with van der Waals surface area (Å²) in [6, 6.07) is 11.5. The van der Waals surface area contributed by atoms with Crippen LogP contribution in [0.15, 0.2) is 54.2 Å². The second-order valence-electron chi connectivity index (χ2n) is 6.60. The van der Waals surface area contributed by atoms with Crippen LogP contribution >= 0.6 is 11.3 Å². The topological polar surface area (TPSA) is 93.8 Å².